The Bertz CT molecular complexity index is 158. The topological polar surface area (TPSA) is 35.6 Å². The first-order valence-electron chi connectivity index (χ1n) is 2.43. The van der Waals surface area contributed by atoms with Crippen LogP contribution in [0.3, 0.4) is 0 Å². The lowest BCUT2D eigenvalue weighted by Crippen LogP contribution is -2.36. The van der Waals surface area contributed by atoms with Gasteiger partial charge in [0.2, 0.25) is 5.91 Å². The summed E-state index contributed by atoms with van der Waals surface area (Å²) in [6.07, 6.45) is 3.21. The van der Waals surface area contributed by atoms with E-state index in [9.17, 15) is 4.79 Å². The van der Waals surface area contributed by atoms with Crippen LogP contribution in [0.25, 0.3) is 0 Å². The molecule has 1 aliphatic heterocycles. The SMILES string of the molecule is CC(=O)N1C=CNN1S. The van der Waals surface area contributed by atoms with Gasteiger partial charge >= 0.3 is 0 Å². The highest BCUT2D eigenvalue weighted by atomic mass is 32.1. The molecule has 5 heteroatoms. The summed E-state index contributed by atoms with van der Waals surface area (Å²) in [6.45, 7) is 1.46. The molecule has 0 aromatic carbocycles. The first kappa shape index (κ1) is 6.44. The van der Waals surface area contributed by atoms with Crippen molar-refractivity contribution in [2.75, 3.05) is 0 Å². The van der Waals surface area contributed by atoms with Gasteiger partial charge in [-0.2, -0.15) is 0 Å². The molecular formula is C4H7N3OS. The van der Waals surface area contributed by atoms with Crippen LogP contribution in [0.4, 0.5) is 0 Å². The van der Waals surface area contributed by atoms with Gasteiger partial charge in [-0.1, -0.05) is 17.3 Å². The average Bonchev–Trinajstić information content (AvgIpc) is 2.13. The molecule has 4 nitrogen and oxygen atoms in total. The number of rotatable bonds is 0. The number of hydrogen-bond acceptors (Lipinski definition) is 4. The van der Waals surface area contributed by atoms with Gasteiger partial charge in [-0.15, -0.1) is 0 Å². The number of carbonyl (C=O) groups excluding carboxylic acids is 1. The molecule has 0 saturated carbocycles. The number of thiol groups is 1. The number of nitrogens with one attached hydrogen (secondary N) is 1. The number of carbonyl (C=O) groups is 1. The van der Waals surface area contributed by atoms with Crippen LogP contribution in [0.2, 0.25) is 0 Å². The van der Waals surface area contributed by atoms with Crippen LogP contribution in [-0.4, -0.2) is 15.4 Å². The molecule has 1 aliphatic rings. The van der Waals surface area contributed by atoms with Crippen LogP contribution >= 0.6 is 12.8 Å². The molecule has 0 aromatic heterocycles. The molecule has 0 radical (unpaired) electrons. The minimum Gasteiger partial charge on any atom is -0.297 e. The van der Waals surface area contributed by atoms with Gasteiger partial charge in [0, 0.05) is 19.3 Å². The summed E-state index contributed by atoms with van der Waals surface area (Å²) >= 11 is 3.89. The second kappa shape index (κ2) is 2.28. The first-order chi connectivity index (χ1) is 4.22. The van der Waals surface area contributed by atoms with E-state index in [0.29, 0.717) is 0 Å². The highest BCUT2D eigenvalue weighted by Gasteiger charge is 2.14. The van der Waals surface area contributed by atoms with Crippen LogP contribution in [-0.2, 0) is 4.79 Å². The molecule has 0 aromatic rings. The molecule has 1 amide bonds. The molecule has 0 spiro atoms. The van der Waals surface area contributed by atoms with Crippen LogP contribution < -0.4 is 5.43 Å². The summed E-state index contributed by atoms with van der Waals surface area (Å²) < 4.78 is 1.29. The highest BCUT2D eigenvalue weighted by molar-refractivity contribution is 7.77. The zero-order valence-electron chi connectivity index (χ0n) is 4.90. The van der Waals surface area contributed by atoms with E-state index in [1.807, 2.05) is 0 Å². The van der Waals surface area contributed by atoms with Gasteiger partial charge in [0.15, 0.2) is 0 Å². The Hall–Kier alpha value is -0.680. The Morgan fingerprint density at radius 2 is 2.44 bits per heavy atom. The fraction of sp³-hybridized carbons (Fsp3) is 0.250. The lowest BCUT2D eigenvalue weighted by molar-refractivity contribution is -0.133. The van der Waals surface area contributed by atoms with E-state index in [4.69, 9.17) is 0 Å². The largest absolute Gasteiger partial charge is 0.297 e. The van der Waals surface area contributed by atoms with E-state index >= 15 is 0 Å². The molecule has 0 aliphatic carbocycles. The van der Waals surface area contributed by atoms with Gasteiger partial charge in [-0.05, 0) is 0 Å². The van der Waals surface area contributed by atoms with E-state index in [1.54, 1.807) is 12.4 Å². The third-order valence-corrected chi connectivity index (χ3v) is 1.24. The molecule has 0 bridgehead atoms. The van der Waals surface area contributed by atoms with Crippen molar-refractivity contribution in [2.45, 2.75) is 6.92 Å². The average molecular weight is 145 g/mol. The molecule has 0 unspecified atom stereocenters. The number of nitrogens with zero attached hydrogens (tertiary/aromatic N) is 2. The summed E-state index contributed by atoms with van der Waals surface area (Å²) in [4.78, 5) is 10.6. The van der Waals surface area contributed by atoms with E-state index in [0.717, 1.165) is 0 Å². The van der Waals surface area contributed by atoms with Gasteiger partial charge in [-0.3, -0.25) is 10.2 Å². The first-order valence-corrected chi connectivity index (χ1v) is 2.83. The molecule has 0 fully saturated rings. The maximum atomic E-state index is 10.6. The predicted octanol–water partition coefficient (Wildman–Crippen LogP) is -0.114. The maximum Gasteiger partial charge on any atom is 0.240 e. The second-order valence-electron chi connectivity index (χ2n) is 1.60. The zero-order chi connectivity index (χ0) is 6.85. The molecule has 1 heterocycles. The van der Waals surface area contributed by atoms with Crippen molar-refractivity contribution < 1.29 is 4.79 Å². The van der Waals surface area contributed by atoms with Gasteiger partial charge in [0.1, 0.15) is 0 Å². The van der Waals surface area contributed by atoms with Crippen molar-refractivity contribution >= 4 is 18.7 Å². The fourth-order valence-corrected chi connectivity index (χ4v) is 0.787. The maximum absolute atomic E-state index is 10.6. The van der Waals surface area contributed by atoms with Crippen LogP contribution in [0.5, 0.6) is 0 Å². The van der Waals surface area contributed by atoms with Crippen LogP contribution in [0, 0.1) is 0 Å². The molecule has 50 valence electrons. The van der Waals surface area contributed by atoms with Crippen molar-refractivity contribution in [3.8, 4) is 0 Å². The Kier molecular flexibility index (Phi) is 1.63. The smallest absolute Gasteiger partial charge is 0.240 e. The van der Waals surface area contributed by atoms with Crippen molar-refractivity contribution in [3.63, 3.8) is 0 Å². The Morgan fingerprint density at radius 3 is 2.67 bits per heavy atom. The molecule has 1 N–H and O–H groups in total. The normalized spacial score (nSPS) is 18.2. The van der Waals surface area contributed by atoms with Crippen molar-refractivity contribution in [3.05, 3.63) is 12.4 Å². The molecule has 0 saturated heterocycles. The second-order valence-corrected chi connectivity index (χ2v) is 1.98. The van der Waals surface area contributed by atoms with E-state index in [1.165, 1.54) is 16.5 Å². The predicted molar refractivity (Wildman–Crippen MR) is 35.6 cm³/mol. The lowest BCUT2D eigenvalue weighted by Gasteiger charge is -2.18. The molecule has 1 rings (SSSR count). The summed E-state index contributed by atoms with van der Waals surface area (Å²) in [5.41, 5.74) is 2.67. The van der Waals surface area contributed by atoms with E-state index < -0.39 is 0 Å². The van der Waals surface area contributed by atoms with Gasteiger partial charge < -0.3 is 0 Å². The minimum absolute atomic E-state index is 0.0775. The monoisotopic (exact) mass is 145 g/mol. The molecular weight excluding hydrogens is 138 g/mol. The van der Waals surface area contributed by atoms with Crippen molar-refractivity contribution in [1.29, 1.82) is 0 Å². The van der Waals surface area contributed by atoms with Crippen LogP contribution in [0.15, 0.2) is 12.4 Å². The Balaban J connectivity index is 2.59. The van der Waals surface area contributed by atoms with Crippen molar-refractivity contribution in [1.82, 2.24) is 15.0 Å². The number of hydrazine groups is 2. The summed E-state index contributed by atoms with van der Waals surface area (Å²) in [6, 6.07) is 0. The quantitative estimate of drug-likeness (QED) is 0.467. The zero-order valence-corrected chi connectivity index (χ0v) is 5.80. The third kappa shape index (κ3) is 1.17. The third-order valence-electron chi connectivity index (χ3n) is 0.932. The highest BCUT2D eigenvalue weighted by Crippen LogP contribution is 2.04. The lowest BCUT2D eigenvalue weighted by atomic mass is 10.7. The molecule has 0 atom stereocenters. The van der Waals surface area contributed by atoms with E-state index in [-0.39, 0.29) is 5.91 Å². The standard InChI is InChI=1S/C4H7N3OS/c1-4(8)6-3-2-5-7(6)9/h2-3,5,9H,1H3. The van der Waals surface area contributed by atoms with Gasteiger partial charge in [0.05, 0.1) is 0 Å². The molecule has 9 heavy (non-hydrogen) atoms. The number of amides is 1. The summed E-state index contributed by atoms with van der Waals surface area (Å²) in [5, 5.41) is 1.34. The van der Waals surface area contributed by atoms with E-state index in [2.05, 4.69) is 18.2 Å². The Labute approximate surface area is 58.6 Å². The summed E-state index contributed by atoms with van der Waals surface area (Å²) in [5.74, 6) is -0.0775. The number of hydrogen-bond donors (Lipinski definition) is 2. The minimum atomic E-state index is -0.0775. The van der Waals surface area contributed by atoms with Gasteiger partial charge in [-0.25, -0.2) is 5.01 Å². The van der Waals surface area contributed by atoms with Gasteiger partial charge in [0.25, 0.3) is 0 Å². The summed E-state index contributed by atoms with van der Waals surface area (Å²) in [7, 11) is 0. The fourth-order valence-electron chi connectivity index (χ4n) is 0.534. The van der Waals surface area contributed by atoms with Crippen molar-refractivity contribution in [2.24, 2.45) is 0 Å². The Morgan fingerprint density at radius 1 is 1.78 bits per heavy atom. The van der Waals surface area contributed by atoms with Crippen LogP contribution in [0.1, 0.15) is 6.92 Å².